The van der Waals surface area contributed by atoms with Crippen molar-refractivity contribution in [2.75, 3.05) is 4.90 Å². The average molecular weight is 396 g/mol. The third kappa shape index (κ3) is 7.10. The summed E-state index contributed by atoms with van der Waals surface area (Å²) in [5.41, 5.74) is 5.32. The van der Waals surface area contributed by atoms with Crippen molar-refractivity contribution in [3.63, 3.8) is 0 Å². The third-order valence-electron chi connectivity index (χ3n) is 4.18. The van der Waals surface area contributed by atoms with Gasteiger partial charge in [0, 0.05) is 17.0 Å². The fourth-order valence-electron chi connectivity index (χ4n) is 2.92. The van der Waals surface area contributed by atoms with Crippen molar-refractivity contribution in [2.45, 2.75) is 20.8 Å². The zero-order valence-electron chi connectivity index (χ0n) is 18.5. The topological polar surface area (TPSA) is 3.24 Å². The lowest BCUT2D eigenvalue weighted by atomic mass is 10.0. The number of hydrogen-bond acceptors (Lipinski definition) is 1. The molecule has 30 heavy (non-hydrogen) atoms. The molecule has 1 aromatic carbocycles. The average Bonchev–Trinajstić information content (AvgIpc) is 2.77. The van der Waals surface area contributed by atoms with E-state index in [9.17, 15) is 0 Å². The fourth-order valence-corrected chi connectivity index (χ4v) is 2.92. The Kier molecular flexibility index (Phi) is 11.8. The van der Waals surface area contributed by atoms with Crippen LogP contribution in [-0.2, 0) is 0 Å². The van der Waals surface area contributed by atoms with Crippen LogP contribution in [0.25, 0.3) is 5.57 Å². The van der Waals surface area contributed by atoms with Crippen LogP contribution in [0.2, 0.25) is 0 Å². The second-order valence-electron chi connectivity index (χ2n) is 6.23. The van der Waals surface area contributed by atoms with Gasteiger partial charge in [0.2, 0.25) is 0 Å². The van der Waals surface area contributed by atoms with E-state index in [1.165, 1.54) is 0 Å². The first kappa shape index (κ1) is 24.5. The summed E-state index contributed by atoms with van der Waals surface area (Å²) >= 11 is 0. The van der Waals surface area contributed by atoms with Gasteiger partial charge in [-0.2, -0.15) is 0 Å². The fraction of sp³-hybridized carbons (Fsp3) is 0.103. The van der Waals surface area contributed by atoms with E-state index in [0.29, 0.717) is 0 Å². The molecule has 0 unspecified atom stereocenters. The van der Waals surface area contributed by atoms with Gasteiger partial charge in [0.05, 0.1) is 5.69 Å². The maximum Gasteiger partial charge on any atom is 0.0539 e. The SMILES string of the molecule is C=C/C=C\C(=C/C)c1ccccc1N(C(/C=C\C=C)=C/C=C)C(/C=C\C)=C/C=C\C. The minimum atomic E-state index is 0.981. The Hall–Kier alpha value is -3.58. The van der Waals surface area contributed by atoms with E-state index in [-0.39, 0.29) is 0 Å². The molecule has 0 radical (unpaired) electrons. The monoisotopic (exact) mass is 395 g/mol. The van der Waals surface area contributed by atoms with E-state index in [0.717, 1.165) is 28.2 Å². The maximum atomic E-state index is 3.92. The summed E-state index contributed by atoms with van der Waals surface area (Å²) in [6.45, 7) is 17.6. The van der Waals surface area contributed by atoms with E-state index in [1.54, 1.807) is 18.2 Å². The van der Waals surface area contributed by atoms with Crippen molar-refractivity contribution >= 4 is 11.3 Å². The van der Waals surface area contributed by atoms with Crippen LogP contribution >= 0.6 is 0 Å². The molecule has 0 aliphatic heterocycles. The Labute approximate surface area is 183 Å². The minimum Gasteiger partial charge on any atom is -0.310 e. The summed E-state index contributed by atoms with van der Waals surface area (Å²) in [6.07, 6.45) is 27.8. The van der Waals surface area contributed by atoms with Gasteiger partial charge in [-0.15, -0.1) is 0 Å². The highest BCUT2D eigenvalue weighted by Crippen LogP contribution is 2.34. The molecule has 0 aliphatic carbocycles. The van der Waals surface area contributed by atoms with Crippen LogP contribution in [0.4, 0.5) is 5.69 Å². The molecule has 154 valence electrons. The summed E-state index contributed by atoms with van der Waals surface area (Å²) < 4.78 is 0. The predicted octanol–water partition coefficient (Wildman–Crippen LogP) is 8.49. The summed E-state index contributed by atoms with van der Waals surface area (Å²) in [5.74, 6) is 0. The number of allylic oxidation sites excluding steroid dienone is 15. The van der Waals surface area contributed by atoms with Gasteiger partial charge in [-0.1, -0.05) is 98.7 Å². The number of para-hydroxylation sites is 1. The summed E-state index contributed by atoms with van der Waals surface area (Å²) in [7, 11) is 0. The number of benzene rings is 1. The van der Waals surface area contributed by atoms with E-state index in [2.05, 4.69) is 73.2 Å². The largest absolute Gasteiger partial charge is 0.310 e. The smallest absolute Gasteiger partial charge is 0.0539 e. The predicted molar refractivity (Wildman–Crippen MR) is 137 cm³/mol. The highest BCUT2D eigenvalue weighted by molar-refractivity contribution is 5.85. The number of anilines is 1. The molecule has 0 atom stereocenters. The van der Waals surface area contributed by atoms with Crippen molar-refractivity contribution in [3.05, 3.63) is 146 Å². The zero-order chi connectivity index (χ0) is 22.2. The summed E-state index contributed by atoms with van der Waals surface area (Å²) in [5, 5.41) is 0. The minimum absolute atomic E-state index is 0.981. The lowest BCUT2D eigenvalue weighted by molar-refractivity contribution is 1.13. The van der Waals surface area contributed by atoms with Crippen LogP contribution in [0.3, 0.4) is 0 Å². The molecule has 0 saturated heterocycles. The quantitative estimate of drug-likeness (QED) is 0.339. The molecule has 1 aromatic rings. The van der Waals surface area contributed by atoms with E-state index in [1.807, 2.05) is 63.3 Å². The number of rotatable bonds is 11. The Morgan fingerprint density at radius 3 is 2.00 bits per heavy atom. The highest BCUT2D eigenvalue weighted by atomic mass is 15.2. The third-order valence-corrected chi connectivity index (χ3v) is 4.18. The van der Waals surface area contributed by atoms with Gasteiger partial charge in [0.1, 0.15) is 0 Å². The molecule has 0 N–H and O–H groups in total. The summed E-state index contributed by atoms with van der Waals surface area (Å²) in [6, 6.07) is 8.38. The van der Waals surface area contributed by atoms with Crippen LogP contribution in [0, 0.1) is 0 Å². The van der Waals surface area contributed by atoms with E-state index in [4.69, 9.17) is 0 Å². The molecule has 0 aromatic heterocycles. The molecule has 1 rings (SSSR count). The molecular formula is C29H33N. The Morgan fingerprint density at radius 2 is 1.40 bits per heavy atom. The van der Waals surface area contributed by atoms with Crippen LogP contribution in [0.5, 0.6) is 0 Å². The first-order valence-electron chi connectivity index (χ1n) is 10.1. The molecule has 0 amide bonds. The van der Waals surface area contributed by atoms with Gasteiger partial charge < -0.3 is 4.90 Å². The first-order chi connectivity index (χ1) is 14.7. The van der Waals surface area contributed by atoms with Gasteiger partial charge >= 0.3 is 0 Å². The Bertz CT molecular complexity index is 925. The van der Waals surface area contributed by atoms with Crippen molar-refractivity contribution in [2.24, 2.45) is 0 Å². The van der Waals surface area contributed by atoms with Crippen LogP contribution in [0.1, 0.15) is 26.3 Å². The standard InChI is InChI=1S/C29H33N/c1-7-13-20-25(12-6)28-23-16-17-24-29(28)30(26(18-10-4)21-14-8-2)27(19-11-5)22-15-9-3/h7-24H,1-2,4H2,3,5-6H3/b15-9-,19-11-,20-13-,21-14-,25-12+,26-18+,27-22+. The van der Waals surface area contributed by atoms with Crippen molar-refractivity contribution in [3.8, 4) is 0 Å². The van der Waals surface area contributed by atoms with Gasteiger partial charge in [0.15, 0.2) is 0 Å². The lowest BCUT2D eigenvalue weighted by Crippen LogP contribution is -2.21. The van der Waals surface area contributed by atoms with Crippen molar-refractivity contribution in [1.82, 2.24) is 0 Å². The molecule has 0 fully saturated rings. The van der Waals surface area contributed by atoms with Crippen molar-refractivity contribution < 1.29 is 0 Å². The van der Waals surface area contributed by atoms with Crippen LogP contribution in [-0.4, -0.2) is 0 Å². The van der Waals surface area contributed by atoms with Gasteiger partial charge in [-0.3, -0.25) is 0 Å². The molecule has 1 nitrogen and oxygen atoms in total. The number of hydrogen-bond donors (Lipinski definition) is 0. The maximum absolute atomic E-state index is 3.92. The second-order valence-corrected chi connectivity index (χ2v) is 6.23. The molecule has 0 bridgehead atoms. The molecular weight excluding hydrogens is 362 g/mol. The Morgan fingerprint density at radius 1 is 0.733 bits per heavy atom. The summed E-state index contributed by atoms with van der Waals surface area (Å²) in [4.78, 5) is 2.22. The van der Waals surface area contributed by atoms with Crippen LogP contribution in [0.15, 0.2) is 140 Å². The molecule has 0 spiro atoms. The Balaban J connectivity index is 3.92. The first-order valence-corrected chi connectivity index (χ1v) is 10.1. The van der Waals surface area contributed by atoms with Gasteiger partial charge in [-0.25, -0.2) is 0 Å². The normalized spacial score (nSPS) is 13.6. The highest BCUT2D eigenvalue weighted by Gasteiger charge is 2.17. The van der Waals surface area contributed by atoms with E-state index < -0.39 is 0 Å². The molecule has 0 aliphatic rings. The van der Waals surface area contributed by atoms with E-state index >= 15 is 0 Å². The number of nitrogens with zero attached hydrogens (tertiary/aromatic N) is 1. The van der Waals surface area contributed by atoms with Gasteiger partial charge in [0.25, 0.3) is 0 Å². The van der Waals surface area contributed by atoms with Gasteiger partial charge in [-0.05, 0) is 56.7 Å². The zero-order valence-corrected chi connectivity index (χ0v) is 18.5. The van der Waals surface area contributed by atoms with Crippen molar-refractivity contribution in [1.29, 1.82) is 0 Å². The molecule has 1 heteroatoms. The van der Waals surface area contributed by atoms with Crippen LogP contribution < -0.4 is 4.90 Å². The lowest BCUT2D eigenvalue weighted by Gasteiger charge is -2.29. The second kappa shape index (κ2) is 14.4. The molecule has 0 saturated carbocycles. The molecule has 0 heterocycles.